The number of nitrogens with zero attached hydrogens (tertiary/aromatic N) is 1. The summed E-state index contributed by atoms with van der Waals surface area (Å²) in [6, 6.07) is 6.67. The van der Waals surface area contributed by atoms with Crippen LogP contribution < -0.4 is 5.32 Å². The molecule has 1 aliphatic heterocycles. The second kappa shape index (κ2) is 10.5. The molecular weight excluding hydrogens is 375 g/mol. The lowest BCUT2D eigenvalue weighted by molar-refractivity contribution is 0.0148. The monoisotopic (exact) mass is 408 g/mol. The summed E-state index contributed by atoms with van der Waals surface area (Å²) in [5.41, 5.74) is 0.394. The molecule has 6 nitrogen and oxygen atoms in total. The maximum absolute atomic E-state index is 13.9. The Kier molecular flexibility index (Phi) is 8.29. The van der Waals surface area contributed by atoms with E-state index >= 15 is 0 Å². The second-order valence-corrected chi connectivity index (χ2v) is 8.55. The molecule has 0 aliphatic carbocycles. The van der Waals surface area contributed by atoms with Gasteiger partial charge in [0.15, 0.2) is 0 Å². The number of piperidine rings is 1. The van der Waals surface area contributed by atoms with Gasteiger partial charge in [0.25, 0.3) is 0 Å². The van der Waals surface area contributed by atoms with Crippen molar-refractivity contribution >= 4 is 12.2 Å². The number of ether oxygens (including phenoxy) is 2. The average Bonchev–Trinajstić information content (AvgIpc) is 2.66. The minimum atomic E-state index is -0.536. The smallest absolute Gasteiger partial charge is 0.410 e. The van der Waals surface area contributed by atoms with Gasteiger partial charge in [-0.15, -0.1) is 0 Å². The lowest BCUT2D eigenvalue weighted by Crippen LogP contribution is -2.44. The van der Waals surface area contributed by atoms with Crippen LogP contribution in [0.25, 0.3) is 0 Å². The van der Waals surface area contributed by atoms with Crippen LogP contribution in [0.5, 0.6) is 0 Å². The average molecular weight is 409 g/mol. The van der Waals surface area contributed by atoms with Gasteiger partial charge in [0.2, 0.25) is 0 Å². The van der Waals surface area contributed by atoms with Crippen molar-refractivity contribution in [1.29, 1.82) is 0 Å². The number of hydrogen-bond donors (Lipinski definition) is 1. The zero-order chi connectivity index (χ0) is 21.4. The number of hydrogen-bond acceptors (Lipinski definition) is 4. The number of carbonyl (C=O) groups is 2. The third-order valence-electron chi connectivity index (χ3n) is 5.10. The first-order valence-corrected chi connectivity index (χ1v) is 10.2. The number of carbonyl (C=O) groups excluding carboxylic acids is 2. The lowest BCUT2D eigenvalue weighted by Gasteiger charge is -2.38. The largest absolute Gasteiger partial charge is 0.453 e. The van der Waals surface area contributed by atoms with E-state index in [1.165, 1.54) is 13.2 Å². The predicted molar refractivity (Wildman–Crippen MR) is 109 cm³/mol. The zero-order valence-electron chi connectivity index (χ0n) is 17.9. The summed E-state index contributed by atoms with van der Waals surface area (Å²) < 4.78 is 24.0. The highest BCUT2D eigenvalue weighted by atomic mass is 19.1. The van der Waals surface area contributed by atoms with E-state index in [9.17, 15) is 14.0 Å². The van der Waals surface area contributed by atoms with Crippen molar-refractivity contribution in [3.8, 4) is 0 Å². The normalized spacial score (nSPS) is 18.1. The second-order valence-electron chi connectivity index (χ2n) is 8.55. The molecule has 1 saturated heterocycles. The van der Waals surface area contributed by atoms with Crippen LogP contribution in [0.1, 0.15) is 57.9 Å². The van der Waals surface area contributed by atoms with Gasteiger partial charge in [0, 0.05) is 19.6 Å². The third kappa shape index (κ3) is 7.55. The summed E-state index contributed by atoms with van der Waals surface area (Å²) in [4.78, 5) is 25.5. The molecule has 1 aromatic rings. The molecule has 2 atom stereocenters. The quantitative estimate of drug-likeness (QED) is 0.693. The van der Waals surface area contributed by atoms with Gasteiger partial charge in [-0.3, -0.25) is 0 Å². The summed E-state index contributed by atoms with van der Waals surface area (Å²) in [6.45, 7) is 7.31. The molecule has 29 heavy (non-hydrogen) atoms. The highest BCUT2D eigenvalue weighted by Crippen LogP contribution is 2.36. The van der Waals surface area contributed by atoms with E-state index < -0.39 is 11.7 Å². The number of alkyl carbamates (subject to hydrolysis) is 1. The summed E-state index contributed by atoms with van der Waals surface area (Å²) in [5.74, 6) is 0.0339. The highest BCUT2D eigenvalue weighted by molar-refractivity contribution is 5.68. The first kappa shape index (κ1) is 23.0. The molecule has 2 rings (SSSR count). The molecule has 0 radical (unpaired) electrons. The van der Waals surface area contributed by atoms with Gasteiger partial charge in [0.1, 0.15) is 11.4 Å². The van der Waals surface area contributed by atoms with Crippen molar-refractivity contribution in [3.63, 3.8) is 0 Å². The number of halogens is 1. The molecular formula is C22H33FN2O4. The van der Waals surface area contributed by atoms with E-state index in [2.05, 4.69) is 10.1 Å². The van der Waals surface area contributed by atoms with Crippen molar-refractivity contribution in [3.05, 3.63) is 35.6 Å². The van der Waals surface area contributed by atoms with Crippen molar-refractivity contribution in [2.45, 2.75) is 58.0 Å². The topological polar surface area (TPSA) is 67.9 Å². The molecule has 0 unspecified atom stereocenters. The van der Waals surface area contributed by atoms with Gasteiger partial charge >= 0.3 is 12.2 Å². The Bertz CT molecular complexity index is 690. The number of nitrogens with one attached hydrogen (secondary N) is 1. The maximum Gasteiger partial charge on any atom is 0.410 e. The van der Waals surface area contributed by atoms with Crippen LogP contribution in [0.15, 0.2) is 24.3 Å². The van der Waals surface area contributed by atoms with E-state index in [4.69, 9.17) is 4.74 Å². The molecule has 7 heteroatoms. The molecule has 1 heterocycles. The van der Waals surface area contributed by atoms with E-state index in [0.717, 1.165) is 31.2 Å². The molecule has 162 valence electrons. The molecule has 1 N–H and O–H groups in total. The van der Waals surface area contributed by atoms with E-state index in [1.54, 1.807) is 17.0 Å². The van der Waals surface area contributed by atoms with Crippen molar-refractivity contribution in [2.75, 3.05) is 26.7 Å². The summed E-state index contributed by atoms with van der Waals surface area (Å²) in [7, 11) is 1.33. The molecule has 0 saturated carbocycles. The standard InChI is InChI=1S/C22H33FN2O4/c1-22(2,3)29-21(27)25-13-7-9-17(15-25)19(11-6-12-24-20(26)28-4)16-8-5-10-18(23)14-16/h5,8,10,14,17,19H,6-7,9,11-13,15H2,1-4H3,(H,24,26)/t17-,19-/m1/s1. The van der Waals surface area contributed by atoms with Crippen molar-refractivity contribution < 1.29 is 23.5 Å². The molecule has 0 spiro atoms. The van der Waals surface area contributed by atoms with Crippen molar-refractivity contribution in [1.82, 2.24) is 10.2 Å². The van der Waals surface area contributed by atoms with Crippen LogP contribution in [-0.4, -0.2) is 49.4 Å². The summed E-state index contributed by atoms with van der Waals surface area (Å²) >= 11 is 0. The molecule has 0 aromatic heterocycles. The van der Waals surface area contributed by atoms with Crippen LogP contribution in [0.2, 0.25) is 0 Å². The number of benzene rings is 1. The minimum absolute atomic E-state index is 0.0929. The summed E-state index contributed by atoms with van der Waals surface area (Å²) in [5, 5.41) is 2.69. The van der Waals surface area contributed by atoms with Gasteiger partial charge in [-0.25, -0.2) is 14.0 Å². The fourth-order valence-electron chi connectivity index (χ4n) is 3.83. The maximum atomic E-state index is 13.9. The number of methoxy groups -OCH3 is 1. The zero-order valence-corrected chi connectivity index (χ0v) is 17.9. The number of rotatable bonds is 6. The molecule has 1 aliphatic rings. The predicted octanol–water partition coefficient (Wildman–Crippen LogP) is 4.69. The first-order chi connectivity index (χ1) is 13.7. The van der Waals surface area contributed by atoms with E-state index in [1.807, 2.05) is 26.8 Å². The van der Waals surface area contributed by atoms with Gasteiger partial charge in [-0.05, 0) is 76.0 Å². The minimum Gasteiger partial charge on any atom is -0.453 e. The Morgan fingerprint density at radius 2 is 2.10 bits per heavy atom. The Balaban J connectivity index is 2.08. The van der Waals surface area contributed by atoms with Gasteiger partial charge in [-0.1, -0.05) is 12.1 Å². The lowest BCUT2D eigenvalue weighted by atomic mass is 9.78. The number of amides is 2. The van der Waals surface area contributed by atoms with Gasteiger partial charge in [0.05, 0.1) is 7.11 Å². The SMILES string of the molecule is COC(=O)NCCC[C@H](c1cccc(F)c1)[C@@H]1CCCN(C(=O)OC(C)(C)C)C1. The molecule has 1 fully saturated rings. The Labute approximate surface area is 172 Å². The fourth-order valence-corrected chi connectivity index (χ4v) is 3.83. The third-order valence-corrected chi connectivity index (χ3v) is 5.10. The van der Waals surface area contributed by atoms with Crippen LogP contribution in [0.3, 0.4) is 0 Å². The van der Waals surface area contributed by atoms with E-state index in [-0.39, 0.29) is 23.7 Å². The molecule has 2 amide bonds. The van der Waals surface area contributed by atoms with Crippen LogP contribution in [0, 0.1) is 11.7 Å². The fraction of sp³-hybridized carbons (Fsp3) is 0.636. The number of likely N-dealkylation sites (tertiary alicyclic amines) is 1. The highest BCUT2D eigenvalue weighted by Gasteiger charge is 2.32. The van der Waals surface area contributed by atoms with Gasteiger partial charge < -0.3 is 19.7 Å². The molecule has 0 bridgehead atoms. The van der Waals surface area contributed by atoms with Crippen molar-refractivity contribution in [2.24, 2.45) is 5.92 Å². The first-order valence-electron chi connectivity index (χ1n) is 10.2. The summed E-state index contributed by atoms with van der Waals surface area (Å²) in [6.07, 6.45) is 2.61. The van der Waals surface area contributed by atoms with Gasteiger partial charge in [-0.2, -0.15) is 0 Å². The Morgan fingerprint density at radius 3 is 2.76 bits per heavy atom. The Hall–Kier alpha value is -2.31. The molecule has 1 aromatic carbocycles. The van der Waals surface area contributed by atoms with Crippen LogP contribution in [-0.2, 0) is 9.47 Å². The van der Waals surface area contributed by atoms with Crippen LogP contribution >= 0.6 is 0 Å². The van der Waals surface area contributed by atoms with E-state index in [0.29, 0.717) is 19.6 Å². The van der Waals surface area contributed by atoms with Crippen LogP contribution in [0.4, 0.5) is 14.0 Å². The Morgan fingerprint density at radius 1 is 1.34 bits per heavy atom.